The average molecular weight is 567 g/mol. The van der Waals surface area contributed by atoms with Gasteiger partial charge in [0, 0.05) is 22.1 Å². The van der Waals surface area contributed by atoms with Crippen LogP contribution in [0.25, 0.3) is 54.7 Å². The van der Waals surface area contributed by atoms with Crippen molar-refractivity contribution in [2.45, 2.75) is 19.3 Å². The van der Waals surface area contributed by atoms with Crippen LogP contribution in [0.3, 0.4) is 0 Å². The van der Waals surface area contributed by atoms with Crippen molar-refractivity contribution >= 4 is 55.1 Å². The Balaban J connectivity index is 1.32. The average Bonchev–Trinajstić information content (AvgIpc) is 3.62. The zero-order chi connectivity index (χ0) is 29.2. The maximum Gasteiger partial charge on any atom is 0.139 e. The third kappa shape index (κ3) is 3.72. The van der Waals surface area contributed by atoms with Crippen LogP contribution < -0.4 is 0 Å². The molecule has 3 heterocycles. The van der Waals surface area contributed by atoms with Crippen LogP contribution in [0.4, 0.5) is 5.69 Å². The predicted molar refractivity (Wildman–Crippen MR) is 183 cm³/mol. The summed E-state index contributed by atoms with van der Waals surface area (Å²) in [6, 6.07) is 50.0. The number of aromatic nitrogens is 1. The van der Waals surface area contributed by atoms with Crippen LogP contribution in [0.2, 0.25) is 0 Å². The summed E-state index contributed by atoms with van der Waals surface area (Å²) in [6.45, 7) is 2.28. The lowest BCUT2D eigenvalue weighted by atomic mass is 9.79. The molecule has 3 nitrogen and oxygen atoms in total. The molecule has 0 spiro atoms. The number of hydrogen-bond donors (Lipinski definition) is 0. The van der Waals surface area contributed by atoms with Crippen molar-refractivity contribution in [3.05, 3.63) is 151 Å². The molecule has 0 aliphatic carbocycles. The maximum absolute atomic E-state index is 6.69. The molecule has 2 unspecified atom stereocenters. The SMILES string of the molecule is CCC1C(n2c3ccccc3c3cc4ccccc4cc32)=Nc2c(oc3ccccc23)C1c1ccc(-c2ccccc2)cc1. The van der Waals surface area contributed by atoms with Crippen LogP contribution in [0.15, 0.2) is 149 Å². The molecular weight excluding hydrogens is 536 g/mol. The number of nitrogens with zero attached hydrogens (tertiary/aromatic N) is 2. The lowest BCUT2D eigenvalue weighted by molar-refractivity contribution is 0.454. The number of para-hydroxylation sites is 2. The molecule has 0 saturated carbocycles. The molecule has 0 saturated heterocycles. The number of benzene rings is 6. The molecular formula is C41H30N2O. The quantitative estimate of drug-likeness (QED) is 0.209. The van der Waals surface area contributed by atoms with Gasteiger partial charge in [0.15, 0.2) is 0 Å². The molecule has 0 N–H and O–H groups in total. The van der Waals surface area contributed by atoms with E-state index in [1.54, 1.807) is 0 Å². The Morgan fingerprint density at radius 1 is 0.614 bits per heavy atom. The van der Waals surface area contributed by atoms with Gasteiger partial charge < -0.3 is 4.42 Å². The zero-order valence-electron chi connectivity index (χ0n) is 24.4. The molecule has 0 fully saturated rings. The Kier molecular flexibility index (Phi) is 5.61. The fourth-order valence-corrected chi connectivity index (χ4v) is 7.34. The predicted octanol–water partition coefficient (Wildman–Crippen LogP) is 11.1. The number of fused-ring (bicyclic) bond motifs is 7. The molecule has 0 radical (unpaired) electrons. The highest BCUT2D eigenvalue weighted by atomic mass is 16.3. The van der Waals surface area contributed by atoms with Gasteiger partial charge in [-0.3, -0.25) is 4.57 Å². The summed E-state index contributed by atoms with van der Waals surface area (Å²) in [5, 5.41) is 6.04. The molecule has 2 atom stereocenters. The van der Waals surface area contributed by atoms with Gasteiger partial charge in [-0.15, -0.1) is 0 Å². The van der Waals surface area contributed by atoms with Crippen LogP contribution >= 0.6 is 0 Å². The van der Waals surface area contributed by atoms with Crippen molar-refractivity contribution in [2.75, 3.05) is 0 Å². The second-order valence-electron chi connectivity index (χ2n) is 11.8. The third-order valence-corrected chi connectivity index (χ3v) is 9.42. The first-order valence-electron chi connectivity index (χ1n) is 15.5. The molecule has 6 aromatic carbocycles. The van der Waals surface area contributed by atoms with Crippen LogP contribution in [0.1, 0.15) is 30.6 Å². The molecule has 0 amide bonds. The monoisotopic (exact) mass is 566 g/mol. The van der Waals surface area contributed by atoms with Crippen LogP contribution in [-0.2, 0) is 0 Å². The van der Waals surface area contributed by atoms with Crippen LogP contribution in [0, 0.1) is 5.92 Å². The molecule has 2 aromatic heterocycles. The standard InChI is InChI=1S/C41H30N2O/c1-2-31-38(28-22-20-27(21-23-28)26-12-4-3-5-13-26)40-39(33-17-9-11-19-37(33)44-40)42-41(31)43-35-18-10-8-16-32(35)34-24-29-14-6-7-15-30(29)25-36(34)43/h3-25,31,38H,2H2,1H3. The number of hydrogen-bond acceptors (Lipinski definition) is 2. The molecule has 3 heteroatoms. The number of aliphatic imine (C=N–C) groups is 1. The van der Waals surface area contributed by atoms with E-state index in [2.05, 4.69) is 145 Å². The van der Waals surface area contributed by atoms with Gasteiger partial charge in [-0.1, -0.05) is 116 Å². The molecule has 1 aliphatic heterocycles. The Bertz CT molecular complexity index is 2370. The topological polar surface area (TPSA) is 30.4 Å². The van der Waals surface area contributed by atoms with E-state index in [1.165, 1.54) is 49.3 Å². The largest absolute Gasteiger partial charge is 0.458 e. The van der Waals surface area contributed by atoms with E-state index < -0.39 is 0 Å². The van der Waals surface area contributed by atoms with Gasteiger partial charge in [0.25, 0.3) is 0 Å². The van der Waals surface area contributed by atoms with Gasteiger partial charge >= 0.3 is 0 Å². The van der Waals surface area contributed by atoms with Crippen molar-refractivity contribution in [2.24, 2.45) is 10.9 Å². The highest BCUT2D eigenvalue weighted by Gasteiger charge is 2.39. The van der Waals surface area contributed by atoms with Gasteiger partial charge in [-0.2, -0.15) is 0 Å². The highest BCUT2D eigenvalue weighted by molar-refractivity contribution is 6.18. The second kappa shape index (κ2) is 9.82. The molecule has 210 valence electrons. The molecule has 0 bridgehead atoms. The van der Waals surface area contributed by atoms with Gasteiger partial charge in [0.1, 0.15) is 22.9 Å². The third-order valence-electron chi connectivity index (χ3n) is 9.42. The molecule has 9 rings (SSSR count). The smallest absolute Gasteiger partial charge is 0.139 e. The summed E-state index contributed by atoms with van der Waals surface area (Å²) in [5.41, 5.74) is 7.89. The first kappa shape index (κ1) is 25.1. The Morgan fingerprint density at radius 3 is 2.07 bits per heavy atom. The summed E-state index contributed by atoms with van der Waals surface area (Å²) in [6.07, 6.45) is 0.919. The van der Waals surface area contributed by atoms with E-state index >= 15 is 0 Å². The van der Waals surface area contributed by atoms with E-state index in [9.17, 15) is 0 Å². The lowest BCUT2D eigenvalue weighted by Gasteiger charge is -2.31. The Hall–Kier alpha value is -5.41. The first-order chi connectivity index (χ1) is 21.8. The van der Waals surface area contributed by atoms with Crippen molar-refractivity contribution in [3.63, 3.8) is 0 Å². The van der Waals surface area contributed by atoms with E-state index in [1.807, 2.05) is 6.07 Å². The van der Waals surface area contributed by atoms with Gasteiger partial charge in [0.2, 0.25) is 0 Å². The van der Waals surface area contributed by atoms with Crippen molar-refractivity contribution in [1.82, 2.24) is 4.57 Å². The molecule has 1 aliphatic rings. The van der Waals surface area contributed by atoms with Gasteiger partial charge in [-0.05, 0) is 64.2 Å². The van der Waals surface area contributed by atoms with Crippen molar-refractivity contribution < 1.29 is 4.42 Å². The zero-order valence-corrected chi connectivity index (χ0v) is 24.4. The van der Waals surface area contributed by atoms with Crippen molar-refractivity contribution in [3.8, 4) is 11.1 Å². The summed E-state index contributed by atoms with van der Waals surface area (Å²) < 4.78 is 9.12. The lowest BCUT2D eigenvalue weighted by Crippen LogP contribution is -2.30. The second-order valence-corrected chi connectivity index (χ2v) is 11.8. The summed E-state index contributed by atoms with van der Waals surface area (Å²) in [5.74, 6) is 2.16. The fraction of sp³-hybridized carbons (Fsp3) is 0.0976. The Morgan fingerprint density at radius 2 is 1.27 bits per heavy atom. The number of rotatable bonds is 3. The number of furan rings is 1. The fourth-order valence-electron chi connectivity index (χ4n) is 7.34. The van der Waals surface area contributed by atoms with Gasteiger partial charge in [-0.25, -0.2) is 4.99 Å². The maximum atomic E-state index is 6.69. The van der Waals surface area contributed by atoms with Crippen LogP contribution in [0.5, 0.6) is 0 Å². The van der Waals surface area contributed by atoms with Crippen molar-refractivity contribution in [1.29, 1.82) is 0 Å². The minimum atomic E-state index is 0.0244. The summed E-state index contributed by atoms with van der Waals surface area (Å²) in [4.78, 5) is 5.54. The first-order valence-corrected chi connectivity index (χ1v) is 15.5. The summed E-state index contributed by atoms with van der Waals surface area (Å²) in [7, 11) is 0. The van der Waals surface area contributed by atoms with E-state index in [0.717, 1.165) is 34.7 Å². The van der Waals surface area contributed by atoms with Crippen LogP contribution in [-0.4, -0.2) is 10.4 Å². The normalized spacial score (nSPS) is 16.5. The van der Waals surface area contributed by atoms with E-state index in [0.29, 0.717) is 0 Å². The molecule has 44 heavy (non-hydrogen) atoms. The van der Waals surface area contributed by atoms with E-state index in [-0.39, 0.29) is 11.8 Å². The summed E-state index contributed by atoms with van der Waals surface area (Å²) >= 11 is 0. The van der Waals surface area contributed by atoms with E-state index in [4.69, 9.17) is 9.41 Å². The minimum Gasteiger partial charge on any atom is -0.458 e. The molecule has 8 aromatic rings. The highest BCUT2D eigenvalue weighted by Crippen LogP contribution is 2.49. The Labute approximate surface area is 255 Å². The minimum absolute atomic E-state index is 0.0244. The van der Waals surface area contributed by atoms with Gasteiger partial charge in [0.05, 0.1) is 17.0 Å².